The zero-order valence-electron chi connectivity index (χ0n) is 18.7. The van der Waals surface area contributed by atoms with Crippen LogP contribution in [0.25, 0.3) is 5.57 Å². The Kier molecular flexibility index (Phi) is 6.30. The van der Waals surface area contributed by atoms with Gasteiger partial charge >= 0.3 is 0 Å². The second-order valence-electron chi connectivity index (χ2n) is 8.24. The van der Waals surface area contributed by atoms with Gasteiger partial charge in [0.25, 0.3) is 0 Å². The van der Waals surface area contributed by atoms with Gasteiger partial charge in [-0.2, -0.15) is 15.0 Å². The van der Waals surface area contributed by atoms with E-state index in [1.54, 1.807) is 6.26 Å². The maximum Gasteiger partial charge on any atom is 0.234 e. The highest BCUT2D eigenvalue weighted by Gasteiger charge is 2.19. The number of aromatic nitrogens is 3. The Labute approximate surface area is 193 Å². The van der Waals surface area contributed by atoms with Crippen molar-refractivity contribution >= 4 is 29.3 Å². The van der Waals surface area contributed by atoms with Crippen molar-refractivity contribution in [3.8, 4) is 0 Å². The van der Waals surface area contributed by atoms with Gasteiger partial charge in [0.1, 0.15) is 11.6 Å². The molecule has 0 saturated carbocycles. The highest BCUT2D eigenvalue weighted by atomic mass is 16.3. The fourth-order valence-corrected chi connectivity index (χ4v) is 3.89. The third-order valence-electron chi connectivity index (χ3n) is 5.73. The molecule has 4 heterocycles. The van der Waals surface area contributed by atoms with E-state index in [2.05, 4.69) is 49.6 Å². The summed E-state index contributed by atoms with van der Waals surface area (Å²) in [5.74, 6) is 3.22. The Morgan fingerprint density at radius 1 is 0.939 bits per heavy atom. The van der Waals surface area contributed by atoms with Gasteiger partial charge in [0, 0.05) is 31.8 Å². The van der Waals surface area contributed by atoms with Crippen LogP contribution in [0.4, 0.5) is 17.8 Å². The molecule has 0 aliphatic carbocycles. The highest BCUT2D eigenvalue weighted by molar-refractivity contribution is 6.09. The Morgan fingerprint density at radius 3 is 2.67 bits per heavy atom. The van der Waals surface area contributed by atoms with Gasteiger partial charge in [-0.05, 0) is 43.8 Å². The number of rotatable bonds is 6. The first-order valence-corrected chi connectivity index (χ1v) is 11.3. The number of nitrogens with one attached hydrogen (secondary N) is 2. The summed E-state index contributed by atoms with van der Waals surface area (Å²) in [7, 11) is 2.15. The first-order valence-electron chi connectivity index (χ1n) is 11.3. The summed E-state index contributed by atoms with van der Waals surface area (Å²) in [6, 6.07) is 14.0. The first kappa shape index (κ1) is 21.1. The van der Waals surface area contributed by atoms with Crippen molar-refractivity contribution in [1.29, 1.82) is 0 Å². The second-order valence-corrected chi connectivity index (χ2v) is 8.24. The fourth-order valence-electron chi connectivity index (χ4n) is 3.89. The lowest BCUT2D eigenvalue weighted by Crippen LogP contribution is -2.30. The smallest absolute Gasteiger partial charge is 0.234 e. The van der Waals surface area contributed by atoms with Gasteiger partial charge in [0.05, 0.1) is 12.8 Å². The number of aliphatic imine (C=N–C) groups is 1. The normalized spacial score (nSPS) is 16.8. The molecule has 1 aromatic carbocycles. The number of amidine groups is 1. The molecule has 170 valence electrons. The van der Waals surface area contributed by atoms with Crippen LogP contribution in [-0.2, 0) is 6.54 Å². The van der Waals surface area contributed by atoms with Crippen LogP contribution in [0.5, 0.6) is 0 Å². The van der Waals surface area contributed by atoms with E-state index in [-0.39, 0.29) is 0 Å². The Morgan fingerprint density at radius 2 is 1.82 bits per heavy atom. The molecule has 1 fully saturated rings. The van der Waals surface area contributed by atoms with Crippen molar-refractivity contribution in [1.82, 2.24) is 19.9 Å². The van der Waals surface area contributed by atoms with Crippen molar-refractivity contribution < 1.29 is 4.42 Å². The lowest BCUT2D eigenvalue weighted by Gasteiger charge is -2.21. The number of furan rings is 1. The summed E-state index contributed by atoms with van der Waals surface area (Å²) in [4.78, 5) is 23.2. The zero-order valence-corrected chi connectivity index (χ0v) is 18.7. The van der Waals surface area contributed by atoms with Gasteiger partial charge in [0.2, 0.25) is 17.8 Å². The molecule has 0 spiro atoms. The predicted molar refractivity (Wildman–Crippen MR) is 131 cm³/mol. The van der Waals surface area contributed by atoms with Crippen LogP contribution in [0.2, 0.25) is 0 Å². The maximum atomic E-state index is 5.50. The van der Waals surface area contributed by atoms with Crippen LogP contribution in [0.3, 0.4) is 0 Å². The standard InChI is InChI=1S/C24H28N8O/c1-31-10-6-11-32(13-12-31)24-29-22(26-16-18-7-3-2-4-8-18)28-23(30-24)27-21-15-19(17-25-21)20-9-5-14-33-20/h2-5,7-9,14-15H,6,10-13,16-17H2,1H3,(H2,25,26,27,28,29,30). The number of nitrogens with zero attached hydrogens (tertiary/aromatic N) is 6. The lowest BCUT2D eigenvalue weighted by molar-refractivity contribution is 0.360. The predicted octanol–water partition coefficient (Wildman–Crippen LogP) is 3.13. The summed E-state index contributed by atoms with van der Waals surface area (Å²) < 4.78 is 5.50. The van der Waals surface area contributed by atoms with Gasteiger partial charge in [0.15, 0.2) is 0 Å². The molecular formula is C24H28N8O. The number of hydrogen-bond acceptors (Lipinski definition) is 9. The molecule has 1 saturated heterocycles. The molecule has 33 heavy (non-hydrogen) atoms. The monoisotopic (exact) mass is 444 g/mol. The molecule has 0 amide bonds. The molecule has 0 unspecified atom stereocenters. The summed E-state index contributed by atoms with van der Waals surface area (Å²) in [5, 5.41) is 6.62. The second kappa shape index (κ2) is 9.83. The van der Waals surface area contributed by atoms with Gasteiger partial charge in [-0.15, -0.1) is 0 Å². The van der Waals surface area contributed by atoms with Crippen molar-refractivity contribution in [2.24, 2.45) is 4.99 Å². The first-order chi connectivity index (χ1) is 16.2. The van der Waals surface area contributed by atoms with E-state index in [1.807, 2.05) is 36.4 Å². The van der Waals surface area contributed by atoms with E-state index >= 15 is 0 Å². The van der Waals surface area contributed by atoms with E-state index in [9.17, 15) is 0 Å². The molecule has 2 aromatic heterocycles. The van der Waals surface area contributed by atoms with Crippen molar-refractivity contribution in [2.75, 3.05) is 55.3 Å². The molecule has 9 heteroatoms. The minimum absolute atomic E-state index is 0.476. The number of anilines is 3. The Hall–Kier alpha value is -3.72. The van der Waals surface area contributed by atoms with Gasteiger partial charge < -0.3 is 24.9 Å². The minimum Gasteiger partial charge on any atom is -0.465 e. The average Bonchev–Trinajstić information content (AvgIpc) is 3.48. The fraction of sp³-hybridized carbons (Fsp3) is 0.333. The van der Waals surface area contributed by atoms with Gasteiger partial charge in [-0.1, -0.05) is 30.3 Å². The average molecular weight is 445 g/mol. The molecular weight excluding hydrogens is 416 g/mol. The molecule has 0 bridgehead atoms. The van der Waals surface area contributed by atoms with E-state index in [0.29, 0.717) is 36.8 Å². The molecule has 0 atom stereocenters. The summed E-state index contributed by atoms with van der Waals surface area (Å²) in [6.07, 6.45) is 4.71. The van der Waals surface area contributed by atoms with Gasteiger partial charge in [-0.25, -0.2) is 0 Å². The van der Waals surface area contributed by atoms with E-state index in [1.165, 1.54) is 0 Å². The Balaban J connectivity index is 1.37. The van der Waals surface area contributed by atoms with Crippen LogP contribution in [-0.4, -0.2) is 65.5 Å². The van der Waals surface area contributed by atoms with Gasteiger partial charge in [-0.3, -0.25) is 4.99 Å². The van der Waals surface area contributed by atoms with Crippen molar-refractivity contribution in [3.05, 3.63) is 66.1 Å². The van der Waals surface area contributed by atoms with Crippen LogP contribution in [0, 0.1) is 0 Å². The molecule has 2 aliphatic heterocycles. The minimum atomic E-state index is 0.476. The molecule has 2 aliphatic rings. The third-order valence-corrected chi connectivity index (χ3v) is 5.73. The van der Waals surface area contributed by atoms with Crippen molar-refractivity contribution in [2.45, 2.75) is 13.0 Å². The SMILES string of the molecule is CN1CCCN(c2nc(NCc3ccccc3)nc(NC3=NCC(c4ccco4)=C3)n2)CC1. The topological polar surface area (TPSA) is 94.7 Å². The quantitative estimate of drug-likeness (QED) is 0.599. The van der Waals surface area contributed by atoms with Crippen LogP contribution < -0.4 is 15.5 Å². The van der Waals surface area contributed by atoms with Crippen LogP contribution in [0.15, 0.2) is 64.2 Å². The van der Waals surface area contributed by atoms with E-state index < -0.39 is 0 Å². The number of likely N-dealkylation sites (N-methyl/N-ethyl adjacent to an activating group) is 1. The summed E-state index contributed by atoms with van der Waals surface area (Å²) >= 11 is 0. The Bertz CT molecular complexity index is 1130. The number of benzene rings is 1. The van der Waals surface area contributed by atoms with Crippen molar-refractivity contribution in [3.63, 3.8) is 0 Å². The zero-order chi connectivity index (χ0) is 22.5. The van der Waals surface area contributed by atoms with E-state index in [4.69, 9.17) is 14.4 Å². The molecule has 3 aromatic rings. The third kappa shape index (κ3) is 5.38. The molecule has 5 rings (SSSR count). The van der Waals surface area contributed by atoms with Crippen LogP contribution >= 0.6 is 0 Å². The number of hydrogen-bond donors (Lipinski definition) is 2. The summed E-state index contributed by atoms with van der Waals surface area (Å²) in [6.45, 7) is 5.03. The maximum absolute atomic E-state index is 5.50. The summed E-state index contributed by atoms with van der Waals surface area (Å²) in [5.41, 5.74) is 2.19. The molecule has 2 N–H and O–H groups in total. The lowest BCUT2D eigenvalue weighted by atomic mass is 10.2. The highest BCUT2D eigenvalue weighted by Crippen LogP contribution is 2.21. The van der Waals surface area contributed by atoms with Crippen LogP contribution in [0.1, 0.15) is 17.7 Å². The molecule has 0 radical (unpaired) electrons. The van der Waals surface area contributed by atoms with E-state index in [0.717, 1.165) is 49.5 Å². The molecule has 9 nitrogen and oxygen atoms in total. The largest absolute Gasteiger partial charge is 0.465 e.